The highest BCUT2D eigenvalue weighted by molar-refractivity contribution is 6.06. The Bertz CT molecular complexity index is 1060. The number of anilines is 1. The van der Waals surface area contributed by atoms with E-state index in [9.17, 15) is 14.9 Å². The molecule has 1 aromatic heterocycles. The number of hydrogen-bond donors (Lipinski definition) is 0. The maximum absolute atomic E-state index is 12.5. The minimum absolute atomic E-state index is 0.0238. The molecule has 1 fully saturated rings. The molecule has 2 aromatic carbocycles. The topological polar surface area (TPSA) is 85.8 Å². The molecule has 4 rings (SSSR count). The van der Waals surface area contributed by atoms with Crippen LogP contribution in [0.3, 0.4) is 0 Å². The number of carbonyl (C=O) groups excluding carboxylic acids is 1. The number of carbonyl (C=O) groups is 1. The first kappa shape index (κ1) is 19.6. The average Bonchev–Trinajstić information content (AvgIpc) is 3.27. The van der Waals surface area contributed by atoms with Crippen LogP contribution in [0.25, 0.3) is 17.4 Å². The number of furan rings is 1. The number of nitrogens with zero attached hydrogens (tertiary/aromatic N) is 2. The summed E-state index contributed by atoms with van der Waals surface area (Å²) in [6.45, 7) is 3.13. The van der Waals surface area contributed by atoms with Crippen LogP contribution in [0.2, 0.25) is 0 Å². The van der Waals surface area contributed by atoms with Gasteiger partial charge in [-0.2, -0.15) is 0 Å². The molecule has 0 atom stereocenters. The van der Waals surface area contributed by atoms with Gasteiger partial charge in [-0.3, -0.25) is 14.9 Å². The molecule has 0 spiro atoms. The summed E-state index contributed by atoms with van der Waals surface area (Å²) in [5.74, 6) is 0.991. The summed E-state index contributed by atoms with van der Waals surface area (Å²) in [4.78, 5) is 25.0. The predicted molar refractivity (Wildman–Crippen MR) is 114 cm³/mol. The van der Waals surface area contributed by atoms with Crippen LogP contribution in [0.4, 0.5) is 11.4 Å². The Morgan fingerprint density at radius 3 is 2.33 bits per heavy atom. The monoisotopic (exact) mass is 404 g/mol. The molecule has 1 aliphatic heterocycles. The van der Waals surface area contributed by atoms with Crippen LogP contribution < -0.4 is 4.90 Å². The van der Waals surface area contributed by atoms with Gasteiger partial charge in [-0.05, 0) is 60.7 Å². The van der Waals surface area contributed by atoms with Crippen molar-refractivity contribution >= 4 is 23.2 Å². The van der Waals surface area contributed by atoms with Gasteiger partial charge in [0.1, 0.15) is 11.5 Å². The van der Waals surface area contributed by atoms with E-state index in [2.05, 4.69) is 4.90 Å². The highest BCUT2D eigenvalue weighted by Crippen LogP contribution is 2.25. The Hall–Kier alpha value is -3.71. The van der Waals surface area contributed by atoms with Crippen molar-refractivity contribution in [2.45, 2.75) is 0 Å². The first-order valence-corrected chi connectivity index (χ1v) is 9.60. The molecular weight excluding hydrogens is 384 g/mol. The first-order chi connectivity index (χ1) is 14.6. The summed E-state index contributed by atoms with van der Waals surface area (Å²) >= 11 is 0. The molecule has 7 nitrogen and oxygen atoms in total. The minimum atomic E-state index is -0.445. The Morgan fingerprint density at radius 2 is 1.67 bits per heavy atom. The number of nitro groups is 1. The number of allylic oxidation sites excluding steroid dienone is 1. The van der Waals surface area contributed by atoms with Crippen LogP contribution in [0.1, 0.15) is 16.1 Å². The van der Waals surface area contributed by atoms with Gasteiger partial charge >= 0.3 is 0 Å². The quantitative estimate of drug-likeness (QED) is 0.259. The SMILES string of the molecule is O=C(/C=C/c1ccc(-c2ccc([N+](=O)[O-])cc2)o1)c1ccc(N2CCOCC2)cc1. The van der Waals surface area contributed by atoms with Crippen molar-refractivity contribution in [1.82, 2.24) is 0 Å². The van der Waals surface area contributed by atoms with Gasteiger partial charge in [-0.25, -0.2) is 0 Å². The van der Waals surface area contributed by atoms with E-state index in [0.717, 1.165) is 24.3 Å². The summed E-state index contributed by atoms with van der Waals surface area (Å²) in [7, 11) is 0. The number of non-ortho nitro benzene ring substituents is 1. The lowest BCUT2D eigenvalue weighted by molar-refractivity contribution is -0.384. The Kier molecular flexibility index (Phi) is 5.72. The zero-order chi connectivity index (χ0) is 20.9. The van der Waals surface area contributed by atoms with Crippen LogP contribution in [0, 0.1) is 10.1 Å². The smallest absolute Gasteiger partial charge is 0.269 e. The lowest BCUT2D eigenvalue weighted by Crippen LogP contribution is -2.36. The Balaban J connectivity index is 1.41. The van der Waals surface area contributed by atoms with Crippen LogP contribution in [-0.2, 0) is 4.74 Å². The summed E-state index contributed by atoms with van der Waals surface area (Å²) in [5, 5.41) is 10.8. The molecule has 0 amide bonds. The second kappa shape index (κ2) is 8.75. The maximum Gasteiger partial charge on any atom is 0.269 e. The second-order valence-electron chi connectivity index (χ2n) is 6.85. The molecule has 152 valence electrons. The second-order valence-corrected chi connectivity index (χ2v) is 6.85. The van der Waals surface area contributed by atoms with Crippen LogP contribution in [0.15, 0.2) is 71.2 Å². The Labute approximate surface area is 173 Å². The van der Waals surface area contributed by atoms with E-state index in [4.69, 9.17) is 9.15 Å². The van der Waals surface area contributed by atoms with Gasteiger partial charge in [-0.1, -0.05) is 0 Å². The number of hydrogen-bond acceptors (Lipinski definition) is 6. The molecule has 7 heteroatoms. The molecular formula is C23H20N2O5. The zero-order valence-electron chi connectivity index (χ0n) is 16.2. The van der Waals surface area contributed by atoms with Crippen molar-refractivity contribution in [2.75, 3.05) is 31.2 Å². The molecule has 0 saturated carbocycles. The molecule has 1 saturated heterocycles. The summed E-state index contributed by atoms with van der Waals surface area (Å²) in [5.41, 5.74) is 2.43. The van der Waals surface area contributed by atoms with E-state index in [1.807, 2.05) is 24.3 Å². The number of rotatable bonds is 6. The fraction of sp³-hybridized carbons (Fsp3) is 0.174. The van der Waals surface area contributed by atoms with Crippen molar-refractivity contribution in [1.29, 1.82) is 0 Å². The van der Waals surface area contributed by atoms with Gasteiger partial charge < -0.3 is 14.1 Å². The predicted octanol–water partition coefficient (Wildman–Crippen LogP) is 4.59. The highest BCUT2D eigenvalue weighted by Gasteiger charge is 2.12. The molecule has 0 unspecified atom stereocenters. The van der Waals surface area contributed by atoms with Crippen molar-refractivity contribution in [3.05, 3.63) is 88.2 Å². The fourth-order valence-electron chi connectivity index (χ4n) is 3.26. The lowest BCUT2D eigenvalue weighted by atomic mass is 10.1. The highest BCUT2D eigenvalue weighted by atomic mass is 16.6. The van der Waals surface area contributed by atoms with E-state index >= 15 is 0 Å². The van der Waals surface area contributed by atoms with Gasteiger partial charge in [0.15, 0.2) is 5.78 Å². The average molecular weight is 404 g/mol. The van der Waals surface area contributed by atoms with Gasteiger partial charge in [0.05, 0.1) is 18.1 Å². The van der Waals surface area contributed by atoms with E-state index in [0.29, 0.717) is 30.3 Å². The maximum atomic E-state index is 12.5. The zero-order valence-corrected chi connectivity index (χ0v) is 16.2. The molecule has 0 bridgehead atoms. The Morgan fingerprint density at radius 1 is 0.967 bits per heavy atom. The molecule has 0 radical (unpaired) electrons. The third-order valence-electron chi connectivity index (χ3n) is 4.92. The van der Waals surface area contributed by atoms with Crippen LogP contribution in [0.5, 0.6) is 0 Å². The third kappa shape index (κ3) is 4.47. The van der Waals surface area contributed by atoms with Crippen LogP contribution in [-0.4, -0.2) is 37.0 Å². The fourth-order valence-corrected chi connectivity index (χ4v) is 3.26. The van der Waals surface area contributed by atoms with E-state index in [1.165, 1.54) is 18.2 Å². The first-order valence-electron chi connectivity index (χ1n) is 9.60. The van der Waals surface area contributed by atoms with Crippen LogP contribution >= 0.6 is 0 Å². The summed E-state index contributed by atoms with van der Waals surface area (Å²) in [6, 6.07) is 17.2. The summed E-state index contributed by atoms with van der Waals surface area (Å²) in [6.07, 6.45) is 3.09. The van der Waals surface area contributed by atoms with Gasteiger partial charge in [0.2, 0.25) is 0 Å². The minimum Gasteiger partial charge on any atom is -0.457 e. The van der Waals surface area contributed by atoms with Crippen molar-refractivity contribution < 1.29 is 18.9 Å². The van der Waals surface area contributed by atoms with Crippen molar-refractivity contribution in [2.24, 2.45) is 0 Å². The third-order valence-corrected chi connectivity index (χ3v) is 4.92. The van der Waals surface area contributed by atoms with Gasteiger partial charge in [-0.15, -0.1) is 0 Å². The number of nitro benzene ring substituents is 1. The number of ether oxygens (including phenoxy) is 1. The van der Waals surface area contributed by atoms with E-state index in [1.54, 1.807) is 30.3 Å². The number of ketones is 1. The largest absolute Gasteiger partial charge is 0.457 e. The standard InChI is InChI=1S/C23H20N2O5/c26-22(17-1-5-19(6-2-17)24-13-15-29-16-14-24)11-9-21-10-12-23(30-21)18-3-7-20(8-4-18)25(27)28/h1-12H,13-16H2/b11-9+. The van der Waals surface area contributed by atoms with Gasteiger partial charge in [0.25, 0.3) is 5.69 Å². The number of benzene rings is 2. The van der Waals surface area contributed by atoms with Gasteiger partial charge in [0, 0.05) is 42.0 Å². The van der Waals surface area contributed by atoms with E-state index < -0.39 is 4.92 Å². The molecule has 0 aliphatic carbocycles. The van der Waals surface area contributed by atoms with Crippen molar-refractivity contribution in [3.63, 3.8) is 0 Å². The molecule has 3 aromatic rings. The molecule has 1 aliphatic rings. The number of morpholine rings is 1. The van der Waals surface area contributed by atoms with E-state index in [-0.39, 0.29) is 11.5 Å². The molecule has 2 heterocycles. The summed E-state index contributed by atoms with van der Waals surface area (Å²) < 4.78 is 11.1. The van der Waals surface area contributed by atoms with Crippen molar-refractivity contribution in [3.8, 4) is 11.3 Å². The molecule has 30 heavy (non-hydrogen) atoms. The lowest BCUT2D eigenvalue weighted by Gasteiger charge is -2.28. The normalized spacial score (nSPS) is 14.2. The molecule has 0 N–H and O–H groups in total.